The summed E-state index contributed by atoms with van der Waals surface area (Å²) < 4.78 is 11.7. The molecule has 0 aromatic rings. The van der Waals surface area contributed by atoms with E-state index in [1.54, 1.807) is 0 Å². The second-order valence-corrected chi connectivity index (χ2v) is 6.32. The van der Waals surface area contributed by atoms with Gasteiger partial charge in [0.25, 0.3) is 0 Å². The van der Waals surface area contributed by atoms with Gasteiger partial charge in [0.15, 0.2) is 5.79 Å². The maximum atomic E-state index is 8.71. The average Bonchev–Trinajstić information content (AvgIpc) is 2.72. The van der Waals surface area contributed by atoms with Crippen molar-refractivity contribution < 1.29 is 9.47 Å². The predicted octanol–water partition coefficient (Wildman–Crippen LogP) is 2.54. The van der Waals surface area contributed by atoms with E-state index in [0.717, 1.165) is 6.42 Å². The van der Waals surface area contributed by atoms with Crippen LogP contribution in [0.5, 0.6) is 0 Å². The Labute approximate surface area is 116 Å². The Morgan fingerprint density at radius 2 is 2.05 bits per heavy atom. The molecule has 19 heavy (non-hydrogen) atoms. The van der Waals surface area contributed by atoms with Crippen molar-refractivity contribution in [3.63, 3.8) is 0 Å². The number of rotatable bonds is 4. The minimum atomic E-state index is -0.466. The summed E-state index contributed by atoms with van der Waals surface area (Å²) in [7, 11) is 0. The minimum absolute atomic E-state index is 0.0363. The number of ether oxygens (including phenoxy) is 2. The molecule has 0 radical (unpaired) electrons. The topological polar surface area (TPSA) is 45.5 Å². The maximum absolute atomic E-state index is 8.71. The van der Waals surface area contributed by atoms with Gasteiger partial charge in [-0.15, -0.1) is 0 Å². The molecule has 0 spiro atoms. The first-order valence-electron chi connectivity index (χ1n) is 7.45. The van der Waals surface area contributed by atoms with Gasteiger partial charge in [-0.3, -0.25) is 0 Å². The lowest BCUT2D eigenvalue weighted by Crippen LogP contribution is -2.40. The second kappa shape index (κ2) is 6.21. The van der Waals surface area contributed by atoms with E-state index in [1.807, 2.05) is 6.92 Å². The summed E-state index contributed by atoms with van der Waals surface area (Å²) in [5, 5.41) is 8.71. The molecule has 0 N–H and O–H groups in total. The third-order valence-electron chi connectivity index (χ3n) is 4.35. The molecule has 0 bridgehead atoms. The highest BCUT2D eigenvalue weighted by molar-refractivity contribution is 4.85. The summed E-state index contributed by atoms with van der Waals surface area (Å²) >= 11 is 0. The number of hydrogen-bond acceptors (Lipinski definition) is 4. The molecular formula is C15H26N2O2. The fourth-order valence-corrected chi connectivity index (χ4v) is 3.20. The SMILES string of the molecule is CC(C)N1CCC(CC2(C)OCC(CC#N)O2)CC1. The Hall–Kier alpha value is -0.630. The Morgan fingerprint density at radius 3 is 2.63 bits per heavy atom. The van der Waals surface area contributed by atoms with Crippen LogP contribution >= 0.6 is 0 Å². The molecule has 4 nitrogen and oxygen atoms in total. The van der Waals surface area contributed by atoms with Crippen LogP contribution in [0.2, 0.25) is 0 Å². The number of hydrogen-bond donors (Lipinski definition) is 0. The van der Waals surface area contributed by atoms with E-state index in [0.29, 0.717) is 25.0 Å². The summed E-state index contributed by atoms with van der Waals surface area (Å²) in [6, 6.07) is 2.81. The standard InChI is InChI=1S/C15H26N2O2/c1-12(2)17-8-5-13(6-9-17)10-15(3)18-11-14(19-15)4-7-16/h12-14H,4-6,8-11H2,1-3H3. The highest BCUT2D eigenvalue weighted by Crippen LogP contribution is 2.34. The first kappa shape index (κ1) is 14.8. The van der Waals surface area contributed by atoms with E-state index in [-0.39, 0.29) is 6.10 Å². The monoisotopic (exact) mass is 266 g/mol. The third-order valence-corrected chi connectivity index (χ3v) is 4.35. The van der Waals surface area contributed by atoms with Crippen molar-refractivity contribution in [3.8, 4) is 6.07 Å². The molecule has 0 amide bonds. The Kier molecular flexibility index (Phi) is 4.83. The summed E-state index contributed by atoms with van der Waals surface area (Å²) in [5.41, 5.74) is 0. The van der Waals surface area contributed by atoms with Crippen LogP contribution in [0.4, 0.5) is 0 Å². The molecule has 2 rings (SSSR count). The normalized spacial score (nSPS) is 33.7. The minimum Gasteiger partial charge on any atom is -0.347 e. The van der Waals surface area contributed by atoms with Crippen LogP contribution in [-0.4, -0.2) is 42.5 Å². The lowest BCUT2D eigenvalue weighted by molar-refractivity contribution is -0.168. The zero-order chi connectivity index (χ0) is 13.9. The molecule has 2 fully saturated rings. The lowest BCUT2D eigenvalue weighted by atomic mass is 9.89. The van der Waals surface area contributed by atoms with E-state index in [9.17, 15) is 0 Å². The van der Waals surface area contributed by atoms with Gasteiger partial charge in [0.05, 0.1) is 25.2 Å². The molecular weight excluding hydrogens is 240 g/mol. The van der Waals surface area contributed by atoms with Gasteiger partial charge in [0.1, 0.15) is 0 Å². The van der Waals surface area contributed by atoms with Gasteiger partial charge in [0, 0.05) is 12.5 Å². The zero-order valence-electron chi connectivity index (χ0n) is 12.4. The van der Waals surface area contributed by atoms with Gasteiger partial charge >= 0.3 is 0 Å². The summed E-state index contributed by atoms with van der Waals surface area (Å²) in [5.74, 6) is 0.215. The Bertz CT molecular complexity index is 332. The van der Waals surface area contributed by atoms with Crippen LogP contribution in [-0.2, 0) is 9.47 Å². The number of likely N-dealkylation sites (tertiary alicyclic amines) is 1. The van der Waals surface area contributed by atoms with Crippen molar-refractivity contribution in [2.75, 3.05) is 19.7 Å². The van der Waals surface area contributed by atoms with Crippen molar-refractivity contribution in [3.05, 3.63) is 0 Å². The smallest absolute Gasteiger partial charge is 0.166 e. The van der Waals surface area contributed by atoms with Gasteiger partial charge < -0.3 is 14.4 Å². The van der Waals surface area contributed by atoms with Crippen molar-refractivity contribution in [1.29, 1.82) is 5.26 Å². The van der Waals surface area contributed by atoms with E-state index in [2.05, 4.69) is 24.8 Å². The Morgan fingerprint density at radius 1 is 1.37 bits per heavy atom. The lowest BCUT2D eigenvalue weighted by Gasteiger charge is -2.37. The molecule has 2 atom stereocenters. The van der Waals surface area contributed by atoms with Gasteiger partial charge in [-0.2, -0.15) is 5.26 Å². The summed E-state index contributed by atoms with van der Waals surface area (Å²) in [6.07, 6.45) is 3.81. The van der Waals surface area contributed by atoms with E-state index in [1.165, 1.54) is 25.9 Å². The van der Waals surface area contributed by atoms with Crippen LogP contribution in [0.3, 0.4) is 0 Å². The van der Waals surface area contributed by atoms with Crippen molar-refractivity contribution in [2.45, 2.75) is 64.4 Å². The molecule has 2 aliphatic heterocycles. The highest BCUT2D eigenvalue weighted by Gasteiger charge is 2.39. The highest BCUT2D eigenvalue weighted by atomic mass is 16.7. The molecule has 2 aliphatic rings. The molecule has 4 heteroatoms. The van der Waals surface area contributed by atoms with E-state index >= 15 is 0 Å². The van der Waals surface area contributed by atoms with Gasteiger partial charge in [-0.1, -0.05) is 0 Å². The molecule has 0 saturated carbocycles. The quantitative estimate of drug-likeness (QED) is 0.784. The molecule has 0 aliphatic carbocycles. The largest absolute Gasteiger partial charge is 0.347 e. The van der Waals surface area contributed by atoms with Gasteiger partial charge in [0.2, 0.25) is 0 Å². The number of nitriles is 1. The summed E-state index contributed by atoms with van der Waals surface area (Å²) in [4.78, 5) is 2.54. The third kappa shape index (κ3) is 3.92. The molecule has 2 saturated heterocycles. The maximum Gasteiger partial charge on any atom is 0.166 e. The van der Waals surface area contributed by atoms with Crippen LogP contribution in [0.25, 0.3) is 0 Å². The molecule has 2 heterocycles. The molecule has 2 unspecified atom stereocenters. The van der Waals surface area contributed by atoms with Gasteiger partial charge in [-0.25, -0.2) is 0 Å². The average molecular weight is 266 g/mol. The second-order valence-electron chi connectivity index (χ2n) is 6.32. The number of piperidine rings is 1. The number of nitrogens with zero attached hydrogens (tertiary/aromatic N) is 2. The molecule has 0 aromatic heterocycles. The fourth-order valence-electron chi connectivity index (χ4n) is 3.20. The first-order valence-corrected chi connectivity index (χ1v) is 7.45. The molecule has 0 aromatic carbocycles. The predicted molar refractivity (Wildman–Crippen MR) is 73.5 cm³/mol. The Balaban J connectivity index is 1.78. The van der Waals surface area contributed by atoms with E-state index < -0.39 is 5.79 Å². The first-order chi connectivity index (χ1) is 9.02. The summed E-state index contributed by atoms with van der Waals surface area (Å²) in [6.45, 7) is 9.48. The van der Waals surface area contributed by atoms with Crippen molar-refractivity contribution in [2.24, 2.45) is 5.92 Å². The fraction of sp³-hybridized carbons (Fsp3) is 0.933. The van der Waals surface area contributed by atoms with Crippen LogP contribution < -0.4 is 0 Å². The van der Waals surface area contributed by atoms with Crippen molar-refractivity contribution >= 4 is 0 Å². The van der Waals surface area contributed by atoms with Gasteiger partial charge in [-0.05, 0) is 52.6 Å². The molecule has 108 valence electrons. The van der Waals surface area contributed by atoms with Crippen molar-refractivity contribution in [1.82, 2.24) is 4.90 Å². The zero-order valence-corrected chi connectivity index (χ0v) is 12.4. The van der Waals surface area contributed by atoms with E-state index in [4.69, 9.17) is 14.7 Å². The van der Waals surface area contributed by atoms with Crippen LogP contribution in [0.1, 0.15) is 46.5 Å². The van der Waals surface area contributed by atoms with Crippen LogP contribution in [0.15, 0.2) is 0 Å². The van der Waals surface area contributed by atoms with Crippen LogP contribution in [0, 0.1) is 17.2 Å².